The van der Waals surface area contributed by atoms with Crippen LogP contribution in [-0.4, -0.2) is 40.6 Å². The quantitative estimate of drug-likeness (QED) is 0.315. The third kappa shape index (κ3) is 4.99. The number of aromatic nitrogens is 2. The maximum absolute atomic E-state index is 13.3. The third-order valence-corrected chi connectivity index (χ3v) is 6.40. The van der Waals surface area contributed by atoms with Gasteiger partial charge in [0.25, 0.3) is 0 Å². The zero-order valence-electron chi connectivity index (χ0n) is 19.7. The molecule has 2 heterocycles. The van der Waals surface area contributed by atoms with Crippen LogP contribution in [0, 0.1) is 5.82 Å². The largest absolute Gasteiger partial charge is 0.493 e. The summed E-state index contributed by atoms with van der Waals surface area (Å²) >= 11 is 0. The summed E-state index contributed by atoms with van der Waals surface area (Å²) in [5, 5.41) is 0. The van der Waals surface area contributed by atoms with Crippen molar-refractivity contribution in [2.45, 2.75) is 31.8 Å². The van der Waals surface area contributed by atoms with E-state index in [1.165, 1.54) is 12.1 Å². The number of methoxy groups -OCH3 is 1. The predicted molar refractivity (Wildman–Crippen MR) is 132 cm³/mol. The van der Waals surface area contributed by atoms with Crippen molar-refractivity contribution in [3.63, 3.8) is 0 Å². The minimum absolute atomic E-state index is 0.00508. The summed E-state index contributed by atoms with van der Waals surface area (Å²) in [4.78, 5) is 19.6. The molecule has 0 spiro atoms. The number of hydrogen-bond donors (Lipinski definition) is 0. The molecule has 4 aromatic rings. The Morgan fingerprint density at radius 3 is 2.54 bits per heavy atom. The number of fused-ring (bicyclic) bond motifs is 1. The Morgan fingerprint density at radius 1 is 1.00 bits per heavy atom. The first kappa shape index (κ1) is 22.9. The van der Waals surface area contributed by atoms with Gasteiger partial charge in [-0.2, -0.15) is 0 Å². The van der Waals surface area contributed by atoms with Crippen LogP contribution in [0.2, 0.25) is 0 Å². The molecule has 1 saturated heterocycles. The van der Waals surface area contributed by atoms with Crippen LogP contribution in [0.15, 0.2) is 72.8 Å². The molecular formula is C28H28FN3O3. The van der Waals surface area contributed by atoms with Crippen LogP contribution in [-0.2, 0) is 17.9 Å². The van der Waals surface area contributed by atoms with Gasteiger partial charge in [0.1, 0.15) is 11.6 Å². The van der Waals surface area contributed by atoms with E-state index >= 15 is 0 Å². The van der Waals surface area contributed by atoms with Crippen molar-refractivity contribution in [1.29, 1.82) is 0 Å². The van der Waals surface area contributed by atoms with Crippen molar-refractivity contribution in [2.75, 3.05) is 20.3 Å². The van der Waals surface area contributed by atoms with E-state index in [9.17, 15) is 9.18 Å². The molecule has 0 N–H and O–H groups in total. The highest BCUT2D eigenvalue weighted by Gasteiger charge is 2.34. The molecule has 0 aliphatic carbocycles. The summed E-state index contributed by atoms with van der Waals surface area (Å²) in [6.45, 7) is 2.33. The smallest absolute Gasteiger partial charge is 0.223 e. The Balaban J connectivity index is 1.30. The second kappa shape index (κ2) is 10.2. The van der Waals surface area contributed by atoms with Gasteiger partial charge in [-0.05, 0) is 48.4 Å². The molecule has 1 atom stereocenters. The van der Waals surface area contributed by atoms with Gasteiger partial charge in [0.2, 0.25) is 5.91 Å². The van der Waals surface area contributed by atoms with E-state index in [0.717, 1.165) is 41.1 Å². The van der Waals surface area contributed by atoms with Crippen molar-refractivity contribution in [3.05, 3.63) is 90.0 Å². The lowest BCUT2D eigenvalue weighted by molar-refractivity contribution is -0.128. The first-order chi connectivity index (χ1) is 17.1. The Morgan fingerprint density at radius 2 is 1.74 bits per heavy atom. The van der Waals surface area contributed by atoms with Gasteiger partial charge >= 0.3 is 0 Å². The van der Waals surface area contributed by atoms with Gasteiger partial charge in [-0.15, -0.1) is 0 Å². The molecule has 180 valence electrons. The van der Waals surface area contributed by atoms with Gasteiger partial charge in [-0.3, -0.25) is 4.79 Å². The summed E-state index contributed by atoms with van der Waals surface area (Å²) in [6.07, 6.45) is 1.20. The number of likely N-dealkylation sites (tertiary alicyclic amines) is 1. The molecule has 7 heteroatoms. The molecule has 5 rings (SSSR count). The van der Waals surface area contributed by atoms with Crippen molar-refractivity contribution in [3.8, 4) is 11.5 Å². The van der Waals surface area contributed by atoms with Gasteiger partial charge < -0.3 is 18.9 Å². The molecule has 1 aliphatic heterocycles. The normalized spacial score (nSPS) is 15.7. The van der Waals surface area contributed by atoms with Gasteiger partial charge in [0.05, 0.1) is 24.8 Å². The Labute approximate surface area is 203 Å². The van der Waals surface area contributed by atoms with Gasteiger partial charge in [0.15, 0.2) is 11.5 Å². The lowest BCUT2D eigenvalue weighted by Gasteiger charge is -2.17. The molecule has 35 heavy (non-hydrogen) atoms. The average molecular weight is 474 g/mol. The highest BCUT2D eigenvalue weighted by molar-refractivity contribution is 5.81. The van der Waals surface area contributed by atoms with E-state index in [0.29, 0.717) is 31.9 Å². The average Bonchev–Trinajstić information content (AvgIpc) is 3.43. The van der Waals surface area contributed by atoms with Crippen LogP contribution < -0.4 is 9.47 Å². The first-order valence-electron chi connectivity index (χ1n) is 11.9. The van der Waals surface area contributed by atoms with Crippen molar-refractivity contribution in [2.24, 2.45) is 0 Å². The van der Waals surface area contributed by atoms with Crippen molar-refractivity contribution < 1.29 is 18.7 Å². The van der Waals surface area contributed by atoms with Gasteiger partial charge in [0, 0.05) is 32.0 Å². The Bertz CT molecular complexity index is 1320. The molecule has 0 bridgehead atoms. The first-order valence-corrected chi connectivity index (χ1v) is 11.9. The number of amides is 1. The second-order valence-corrected chi connectivity index (χ2v) is 8.77. The summed E-state index contributed by atoms with van der Waals surface area (Å²) in [7, 11) is 1.63. The Hall–Kier alpha value is -3.87. The zero-order chi connectivity index (χ0) is 24.2. The van der Waals surface area contributed by atoms with Crippen LogP contribution in [0.5, 0.6) is 11.5 Å². The molecule has 6 nitrogen and oxygen atoms in total. The lowest BCUT2D eigenvalue weighted by Crippen LogP contribution is -2.24. The number of carbonyl (C=O) groups is 1. The highest BCUT2D eigenvalue weighted by atomic mass is 19.1. The summed E-state index contributed by atoms with van der Waals surface area (Å²) in [5.74, 6) is 2.19. The predicted octanol–water partition coefficient (Wildman–Crippen LogP) is 5.17. The molecular weight excluding hydrogens is 445 g/mol. The number of para-hydroxylation sites is 4. The minimum atomic E-state index is -0.275. The van der Waals surface area contributed by atoms with Crippen LogP contribution in [0.25, 0.3) is 11.0 Å². The number of imidazole rings is 1. The van der Waals surface area contributed by atoms with Crippen LogP contribution in [0.1, 0.15) is 30.1 Å². The molecule has 3 aromatic carbocycles. The van der Waals surface area contributed by atoms with Crippen molar-refractivity contribution >= 4 is 16.9 Å². The molecule has 1 fully saturated rings. The number of nitrogens with zero attached hydrogens (tertiary/aromatic N) is 3. The minimum Gasteiger partial charge on any atom is -0.493 e. The molecule has 0 unspecified atom stereocenters. The van der Waals surface area contributed by atoms with E-state index in [1.54, 1.807) is 19.2 Å². The molecule has 0 radical (unpaired) electrons. The summed E-state index contributed by atoms with van der Waals surface area (Å²) < 4.78 is 26.8. The number of rotatable bonds is 9. The van der Waals surface area contributed by atoms with Gasteiger partial charge in [-0.1, -0.05) is 36.4 Å². The van der Waals surface area contributed by atoms with Crippen LogP contribution >= 0.6 is 0 Å². The molecule has 0 saturated carbocycles. The fourth-order valence-corrected chi connectivity index (χ4v) is 4.69. The molecule has 1 amide bonds. The zero-order valence-corrected chi connectivity index (χ0v) is 19.7. The maximum Gasteiger partial charge on any atom is 0.223 e. The van der Waals surface area contributed by atoms with E-state index < -0.39 is 0 Å². The van der Waals surface area contributed by atoms with E-state index in [4.69, 9.17) is 14.5 Å². The van der Waals surface area contributed by atoms with Crippen LogP contribution in [0.3, 0.4) is 0 Å². The topological polar surface area (TPSA) is 56.6 Å². The fraction of sp³-hybridized carbons (Fsp3) is 0.286. The molecule has 1 aromatic heterocycles. The van der Waals surface area contributed by atoms with E-state index in [-0.39, 0.29) is 17.6 Å². The standard InChI is InChI=1S/C28H28FN3O3/c1-34-25-9-4-5-10-26(25)35-16-6-15-32-24-8-3-2-7-23(24)30-28(32)21-17-27(33)31(19-21)18-20-11-13-22(29)14-12-20/h2-5,7-14,21H,6,15-19H2,1H3/t21-/m1/s1. The van der Waals surface area contributed by atoms with E-state index in [2.05, 4.69) is 10.6 Å². The summed E-state index contributed by atoms with van der Waals surface area (Å²) in [5.41, 5.74) is 2.91. The fourth-order valence-electron chi connectivity index (χ4n) is 4.69. The maximum atomic E-state index is 13.3. The number of carbonyl (C=O) groups excluding carboxylic acids is 1. The number of hydrogen-bond acceptors (Lipinski definition) is 4. The number of aryl methyl sites for hydroxylation is 1. The number of ether oxygens (including phenoxy) is 2. The lowest BCUT2D eigenvalue weighted by atomic mass is 10.1. The number of halogens is 1. The van der Waals surface area contributed by atoms with Crippen molar-refractivity contribution in [1.82, 2.24) is 14.5 Å². The van der Waals surface area contributed by atoms with Gasteiger partial charge in [-0.25, -0.2) is 9.37 Å². The monoisotopic (exact) mass is 473 g/mol. The van der Waals surface area contributed by atoms with E-state index in [1.807, 2.05) is 47.4 Å². The third-order valence-electron chi connectivity index (χ3n) is 6.40. The highest BCUT2D eigenvalue weighted by Crippen LogP contribution is 2.32. The van der Waals surface area contributed by atoms with Crippen LogP contribution in [0.4, 0.5) is 4.39 Å². The molecule has 1 aliphatic rings. The number of benzene rings is 3. The Kier molecular flexibility index (Phi) is 6.66. The SMILES string of the molecule is COc1ccccc1OCCCn1c([C@@H]2CC(=O)N(Cc3ccc(F)cc3)C2)nc2ccccc21. The summed E-state index contributed by atoms with van der Waals surface area (Å²) in [6, 6.07) is 22.0. The second-order valence-electron chi connectivity index (χ2n) is 8.77.